The van der Waals surface area contributed by atoms with Gasteiger partial charge in [-0.3, -0.25) is 4.79 Å². The molecule has 1 aromatic carbocycles. The fraction of sp³-hybridized carbons (Fsp3) is 0.364. The van der Waals surface area contributed by atoms with Gasteiger partial charge in [-0.1, -0.05) is 17.7 Å². The van der Waals surface area contributed by atoms with Crippen molar-refractivity contribution < 1.29 is 18.0 Å². The van der Waals surface area contributed by atoms with Crippen molar-refractivity contribution in [3.8, 4) is 0 Å². The molecule has 0 heterocycles. The van der Waals surface area contributed by atoms with Crippen molar-refractivity contribution in [3.63, 3.8) is 0 Å². The molecule has 3 N–H and O–H groups in total. The number of rotatable bonds is 3. The highest BCUT2D eigenvalue weighted by atomic mass is 35.5. The Morgan fingerprint density at radius 3 is 2.61 bits per heavy atom. The number of amides is 1. The fourth-order valence-electron chi connectivity index (χ4n) is 1.19. The zero-order chi connectivity index (χ0) is 13.9. The van der Waals surface area contributed by atoms with Gasteiger partial charge in [0.25, 0.3) is 0 Å². The van der Waals surface area contributed by atoms with Crippen LogP contribution >= 0.6 is 11.6 Å². The lowest BCUT2D eigenvalue weighted by Crippen LogP contribution is -2.37. The number of anilines is 1. The van der Waals surface area contributed by atoms with E-state index in [4.69, 9.17) is 17.3 Å². The molecule has 1 aromatic rings. The summed E-state index contributed by atoms with van der Waals surface area (Å²) in [6.45, 7) is 0.784. The van der Waals surface area contributed by atoms with Crippen molar-refractivity contribution in [2.24, 2.45) is 5.92 Å². The number of benzene rings is 1. The molecule has 0 saturated heterocycles. The van der Waals surface area contributed by atoms with Crippen LogP contribution < -0.4 is 11.1 Å². The summed E-state index contributed by atoms with van der Waals surface area (Å²) in [7, 11) is 0. The second-order valence-electron chi connectivity index (χ2n) is 3.84. The number of nitrogens with one attached hydrogen (secondary N) is 1. The molecule has 0 aliphatic rings. The van der Waals surface area contributed by atoms with Gasteiger partial charge in [-0.05, 0) is 24.6 Å². The minimum absolute atomic E-state index is 0.0272. The van der Waals surface area contributed by atoms with Gasteiger partial charge in [0.15, 0.2) is 0 Å². The van der Waals surface area contributed by atoms with Crippen molar-refractivity contribution in [2.75, 3.05) is 5.73 Å². The first kappa shape index (κ1) is 14.6. The molecule has 7 heteroatoms. The summed E-state index contributed by atoms with van der Waals surface area (Å²) in [4.78, 5) is 11.2. The Morgan fingerprint density at radius 1 is 1.50 bits per heavy atom. The molecule has 18 heavy (non-hydrogen) atoms. The third-order valence-corrected chi connectivity index (χ3v) is 2.76. The van der Waals surface area contributed by atoms with E-state index in [1.165, 1.54) is 12.1 Å². The second kappa shape index (κ2) is 5.48. The highest BCUT2D eigenvalue weighted by Crippen LogP contribution is 2.26. The van der Waals surface area contributed by atoms with Crippen LogP contribution in [0.3, 0.4) is 0 Å². The maximum atomic E-state index is 12.2. The van der Waals surface area contributed by atoms with Crippen molar-refractivity contribution in [3.05, 3.63) is 28.8 Å². The molecule has 100 valence electrons. The predicted molar refractivity (Wildman–Crippen MR) is 62.9 cm³/mol. The normalized spacial score (nSPS) is 13.2. The van der Waals surface area contributed by atoms with Crippen LogP contribution in [-0.2, 0) is 11.3 Å². The van der Waals surface area contributed by atoms with E-state index in [1.54, 1.807) is 6.07 Å². The topological polar surface area (TPSA) is 55.1 Å². The van der Waals surface area contributed by atoms with E-state index in [2.05, 4.69) is 5.32 Å². The SMILES string of the molecule is C[C@H](C(=O)NCc1ccc(Cl)c(N)c1)C(F)(F)F. The molecule has 0 spiro atoms. The molecule has 0 aliphatic carbocycles. The first-order valence-corrected chi connectivity index (χ1v) is 5.48. The Hall–Kier alpha value is -1.43. The van der Waals surface area contributed by atoms with E-state index < -0.39 is 18.0 Å². The standard InChI is InChI=1S/C11H12ClF3N2O/c1-6(11(13,14)15)10(18)17-5-7-2-3-8(12)9(16)4-7/h2-4,6H,5,16H2,1H3,(H,17,18)/t6-/m1/s1. The van der Waals surface area contributed by atoms with E-state index in [0.717, 1.165) is 6.92 Å². The van der Waals surface area contributed by atoms with E-state index in [-0.39, 0.29) is 6.54 Å². The fourth-order valence-corrected chi connectivity index (χ4v) is 1.31. The van der Waals surface area contributed by atoms with Crippen LogP contribution in [0.1, 0.15) is 12.5 Å². The van der Waals surface area contributed by atoms with E-state index >= 15 is 0 Å². The average molecular weight is 281 g/mol. The Kier molecular flexibility index (Phi) is 4.45. The van der Waals surface area contributed by atoms with E-state index in [0.29, 0.717) is 16.3 Å². The predicted octanol–water partition coefficient (Wildman–Crippen LogP) is 2.74. The summed E-state index contributed by atoms with van der Waals surface area (Å²) in [6.07, 6.45) is -4.54. The molecule has 0 aliphatic heterocycles. The molecule has 1 rings (SSSR count). The molecular formula is C11H12ClF3N2O. The number of carbonyl (C=O) groups is 1. The van der Waals surface area contributed by atoms with Crippen LogP contribution in [0.15, 0.2) is 18.2 Å². The minimum Gasteiger partial charge on any atom is -0.398 e. The lowest BCUT2D eigenvalue weighted by atomic mass is 10.1. The summed E-state index contributed by atoms with van der Waals surface area (Å²) in [5.74, 6) is -3.11. The van der Waals surface area contributed by atoms with Gasteiger partial charge in [0.1, 0.15) is 5.92 Å². The number of hydrogen-bond acceptors (Lipinski definition) is 2. The van der Waals surface area contributed by atoms with Crippen molar-refractivity contribution in [1.82, 2.24) is 5.32 Å². The number of nitrogen functional groups attached to an aromatic ring is 1. The van der Waals surface area contributed by atoms with Gasteiger partial charge in [0, 0.05) is 6.54 Å². The third-order valence-electron chi connectivity index (χ3n) is 2.41. The van der Waals surface area contributed by atoms with Gasteiger partial charge < -0.3 is 11.1 Å². The summed E-state index contributed by atoms with van der Waals surface area (Å²) in [6, 6.07) is 4.60. The van der Waals surface area contributed by atoms with Gasteiger partial charge in [-0.25, -0.2) is 0 Å². The van der Waals surface area contributed by atoms with Gasteiger partial charge >= 0.3 is 6.18 Å². The highest BCUT2D eigenvalue weighted by molar-refractivity contribution is 6.33. The zero-order valence-electron chi connectivity index (χ0n) is 9.51. The molecule has 1 amide bonds. The molecule has 0 saturated carbocycles. The largest absolute Gasteiger partial charge is 0.400 e. The lowest BCUT2D eigenvalue weighted by molar-refractivity contribution is -0.178. The Bertz CT molecular complexity index is 448. The van der Waals surface area contributed by atoms with E-state index in [1.807, 2.05) is 0 Å². The molecular weight excluding hydrogens is 269 g/mol. The molecule has 3 nitrogen and oxygen atoms in total. The van der Waals surface area contributed by atoms with Crippen LogP contribution in [0.2, 0.25) is 5.02 Å². The van der Waals surface area contributed by atoms with Crippen LogP contribution in [0.4, 0.5) is 18.9 Å². The Morgan fingerprint density at radius 2 is 2.11 bits per heavy atom. The summed E-state index contributed by atoms with van der Waals surface area (Å²) in [5.41, 5.74) is 6.43. The maximum Gasteiger partial charge on any atom is 0.400 e. The molecule has 0 fully saturated rings. The Balaban J connectivity index is 2.60. The minimum atomic E-state index is -4.54. The molecule has 0 unspecified atom stereocenters. The molecule has 0 radical (unpaired) electrons. The highest BCUT2D eigenvalue weighted by Gasteiger charge is 2.40. The van der Waals surface area contributed by atoms with Crippen LogP contribution in [-0.4, -0.2) is 12.1 Å². The molecule has 0 aromatic heterocycles. The van der Waals surface area contributed by atoms with Gasteiger partial charge in [-0.2, -0.15) is 13.2 Å². The zero-order valence-corrected chi connectivity index (χ0v) is 10.3. The number of halogens is 4. The van der Waals surface area contributed by atoms with Crippen LogP contribution in [0.25, 0.3) is 0 Å². The summed E-state index contributed by atoms with van der Waals surface area (Å²) in [5, 5.41) is 2.55. The lowest BCUT2D eigenvalue weighted by Gasteiger charge is -2.15. The van der Waals surface area contributed by atoms with Crippen molar-refractivity contribution in [2.45, 2.75) is 19.6 Å². The van der Waals surface area contributed by atoms with Crippen molar-refractivity contribution in [1.29, 1.82) is 0 Å². The van der Waals surface area contributed by atoms with Gasteiger partial charge in [-0.15, -0.1) is 0 Å². The quantitative estimate of drug-likeness (QED) is 0.837. The van der Waals surface area contributed by atoms with Crippen LogP contribution in [0, 0.1) is 5.92 Å². The summed E-state index contributed by atoms with van der Waals surface area (Å²) < 4.78 is 36.7. The van der Waals surface area contributed by atoms with Gasteiger partial charge in [0.05, 0.1) is 10.7 Å². The number of alkyl halides is 3. The monoisotopic (exact) mass is 280 g/mol. The first-order valence-electron chi connectivity index (χ1n) is 5.10. The Labute approximate surface area is 107 Å². The number of carbonyl (C=O) groups excluding carboxylic acids is 1. The first-order chi connectivity index (χ1) is 8.21. The summed E-state index contributed by atoms with van der Waals surface area (Å²) >= 11 is 5.69. The van der Waals surface area contributed by atoms with Crippen LogP contribution in [0.5, 0.6) is 0 Å². The smallest absolute Gasteiger partial charge is 0.398 e. The number of nitrogens with two attached hydrogens (primary N) is 1. The van der Waals surface area contributed by atoms with E-state index in [9.17, 15) is 18.0 Å². The molecule has 0 bridgehead atoms. The number of hydrogen-bond donors (Lipinski definition) is 2. The molecule has 1 atom stereocenters. The third kappa shape index (κ3) is 3.80. The second-order valence-corrected chi connectivity index (χ2v) is 4.24. The average Bonchev–Trinajstić information content (AvgIpc) is 2.28. The van der Waals surface area contributed by atoms with Gasteiger partial charge in [0.2, 0.25) is 5.91 Å². The van der Waals surface area contributed by atoms with Crippen molar-refractivity contribution >= 4 is 23.2 Å². The maximum absolute atomic E-state index is 12.2.